The van der Waals surface area contributed by atoms with Crippen molar-refractivity contribution in [2.75, 3.05) is 13.7 Å². The average Bonchev–Trinajstić information content (AvgIpc) is 3.11. The van der Waals surface area contributed by atoms with Gasteiger partial charge in [-0.15, -0.1) is 0 Å². The zero-order valence-electron chi connectivity index (χ0n) is 17.3. The van der Waals surface area contributed by atoms with Gasteiger partial charge in [0.05, 0.1) is 18.8 Å². The molecule has 0 bridgehead atoms. The number of para-hydroxylation sites is 2. The molecule has 0 aliphatic rings. The van der Waals surface area contributed by atoms with Gasteiger partial charge < -0.3 is 14.6 Å². The van der Waals surface area contributed by atoms with Crippen LogP contribution in [0.5, 0.6) is 5.75 Å². The lowest BCUT2D eigenvalue weighted by atomic mass is 10.1. The van der Waals surface area contributed by atoms with Crippen molar-refractivity contribution < 1.29 is 9.53 Å². The van der Waals surface area contributed by atoms with Crippen LogP contribution in [-0.4, -0.2) is 33.9 Å². The molecule has 1 amide bonds. The highest BCUT2D eigenvalue weighted by Gasteiger charge is 2.23. The Morgan fingerprint density at radius 1 is 1.13 bits per heavy atom. The number of aromatic nitrogens is 3. The molecule has 154 valence electrons. The largest absolute Gasteiger partial charge is 0.496 e. The molecule has 1 atom stereocenters. The number of carbonyl (C=O) groups excluding carboxylic acids is 1. The summed E-state index contributed by atoms with van der Waals surface area (Å²) in [7, 11) is 3.25. The minimum Gasteiger partial charge on any atom is -0.496 e. The maximum atomic E-state index is 13.0. The first kappa shape index (κ1) is 19.7. The Morgan fingerprint density at radius 2 is 1.87 bits per heavy atom. The fourth-order valence-corrected chi connectivity index (χ4v) is 3.89. The van der Waals surface area contributed by atoms with E-state index in [-0.39, 0.29) is 11.5 Å². The Bertz CT molecular complexity index is 1290. The van der Waals surface area contributed by atoms with Crippen molar-refractivity contribution >= 4 is 27.7 Å². The Kier molecular flexibility index (Phi) is 5.27. The number of carbonyl (C=O) groups is 1. The highest BCUT2D eigenvalue weighted by Crippen LogP contribution is 2.29. The fraction of sp³-hybridized carbons (Fsp3) is 0.261. The quantitative estimate of drug-likeness (QED) is 0.536. The van der Waals surface area contributed by atoms with Crippen LogP contribution < -0.4 is 15.6 Å². The van der Waals surface area contributed by atoms with Crippen molar-refractivity contribution in [2.24, 2.45) is 7.05 Å². The van der Waals surface area contributed by atoms with Gasteiger partial charge in [0.25, 0.3) is 5.56 Å². The van der Waals surface area contributed by atoms with Gasteiger partial charge in [-0.05, 0) is 31.0 Å². The predicted molar refractivity (Wildman–Crippen MR) is 117 cm³/mol. The number of ether oxygens (including phenoxy) is 1. The monoisotopic (exact) mass is 404 g/mol. The van der Waals surface area contributed by atoms with Gasteiger partial charge in [-0.1, -0.05) is 36.4 Å². The summed E-state index contributed by atoms with van der Waals surface area (Å²) < 4.78 is 8.48. The summed E-state index contributed by atoms with van der Waals surface area (Å²) in [6.07, 6.45) is 2.34. The molecule has 2 heterocycles. The first-order chi connectivity index (χ1) is 14.5. The van der Waals surface area contributed by atoms with Crippen LogP contribution in [0.2, 0.25) is 0 Å². The van der Waals surface area contributed by atoms with Crippen LogP contribution >= 0.6 is 0 Å². The number of amides is 1. The van der Waals surface area contributed by atoms with Gasteiger partial charge in [-0.2, -0.15) is 5.10 Å². The lowest BCUT2D eigenvalue weighted by Gasteiger charge is -2.17. The van der Waals surface area contributed by atoms with E-state index in [1.807, 2.05) is 60.0 Å². The zero-order valence-corrected chi connectivity index (χ0v) is 17.3. The number of hydrogen-bond donors (Lipinski definition) is 1. The minimum atomic E-state index is -0.555. The summed E-state index contributed by atoms with van der Waals surface area (Å²) in [6, 6.07) is 14.9. The number of rotatable bonds is 6. The van der Waals surface area contributed by atoms with E-state index >= 15 is 0 Å². The van der Waals surface area contributed by atoms with Gasteiger partial charge in [0.2, 0.25) is 5.91 Å². The van der Waals surface area contributed by atoms with E-state index in [9.17, 15) is 9.59 Å². The zero-order chi connectivity index (χ0) is 21.3. The van der Waals surface area contributed by atoms with Crippen molar-refractivity contribution in [2.45, 2.75) is 19.4 Å². The van der Waals surface area contributed by atoms with Crippen molar-refractivity contribution in [1.29, 1.82) is 0 Å². The van der Waals surface area contributed by atoms with Gasteiger partial charge in [0.1, 0.15) is 17.3 Å². The molecule has 2 aromatic carbocycles. The summed E-state index contributed by atoms with van der Waals surface area (Å²) in [5, 5.41) is 8.81. The van der Waals surface area contributed by atoms with E-state index in [1.54, 1.807) is 20.4 Å². The molecule has 0 radical (unpaired) electrons. The Morgan fingerprint density at radius 3 is 2.67 bits per heavy atom. The molecular weight excluding hydrogens is 380 g/mol. The second-order valence-electron chi connectivity index (χ2n) is 7.25. The van der Waals surface area contributed by atoms with Crippen LogP contribution in [-0.2, 0) is 18.3 Å². The number of benzene rings is 2. The number of fused-ring (bicyclic) bond motifs is 3. The van der Waals surface area contributed by atoms with E-state index < -0.39 is 6.04 Å². The van der Waals surface area contributed by atoms with Crippen molar-refractivity contribution in [3.63, 3.8) is 0 Å². The molecule has 0 fully saturated rings. The molecule has 1 N–H and O–H groups in total. The van der Waals surface area contributed by atoms with E-state index in [1.165, 1.54) is 4.68 Å². The SMILES string of the molecule is COc1ccccc1CCNC(=O)[C@@H](C)n1c2ccccc2c2cnn(C)c(=O)c21. The summed E-state index contributed by atoms with van der Waals surface area (Å²) >= 11 is 0. The molecule has 4 aromatic rings. The molecule has 7 nitrogen and oxygen atoms in total. The Balaban J connectivity index is 1.64. The third kappa shape index (κ3) is 3.32. The first-order valence-electron chi connectivity index (χ1n) is 9.87. The van der Waals surface area contributed by atoms with Crippen LogP contribution in [0.15, 0.2) is 59.5 Å². The lowest BCUT2D eigenvalue weighted by Crippen LogP contribution is -2.33. The molecule has 0 spiro atoms. The van der Waals surface area contributed by atoms with E-state index in [0.717, 1.165) is 27.6 Å². The molecule has 0 aliphatic carbocycles. The van der Waals surface area contributed by atoms with Crippen LogP contribution in [0, 0.1) is 0 Å². The van der Waals surface area contributed by atoms with E-state index in [4.69, 9.17) is 4.74 Å². The van der Waals surface area contributed by atoms with Crippen LogP contribution in [0.4, 0.5) is 0 Å². The van der Waals surface area contributed by atoms with Gasteiger partial charge in [0, 0.05) is 24.4 Å². The van der Waals surface area contributed by atoms with Gasteiger partial charge in [0.15, 0.2) is 0 Å². The maximum Gasteiger partial charge on any atom is 0.291 e. The maximum absolute atomic E-state index is 13.0. The number of nitrogens with one attached hydrogen (secondary N) is 1. The second kappa shape index (κ2) is 8.02. The lowest BCUT2D eigenvalue weighted by molar-refractivity contribution is -0.123. The van der Waals surface area contributed by atoms with Crippen LogP contribution in [0.25, 0.3) is 21.8 Å². The van der Waals surface area contributed by atoms with Gasteiger partial charge in [-0.3, -0.25) is 9.59 Å². The second-order valence-corrected chi connectivity index (χ2v) is 7.25. The predicted octanol–water partition coefficient (Wildman–Crippen LogP) is 2.82. The van der Waals surface area contributed by atoms with E-state index in [0.29, 0.717) is 18.5 Å². The summed E-state index contributed by atoms with van der Waals surface area (Å²) in [6.45, 7) is 2.28. The third-order valence-electron chi connectivity index (χ3n) is 5.46. The first-order valence-corrected chi connectivity index (χ1v) is 9.87. The molecule has 2 aromatic heterocycles. The Labute approximate surface area is 173 Å². The van der Waals surface area contributed by atoms with Crippen molar-refractivity contribution in [3.05, 3.63) is 70.6 Å². The smallest absolute Gasteiger partial charge is 0.291 e. The normalized spacial score (nSPS) is 12.2. The highest BCUT2D eigenvalue weighted by molar-refractivity contribution is 6.08. The van der Waals surface area contributed by atoms with Gasteiger partial charge in [-0.25, -0.2) is 4.68 Å². The summed E-state index contributed by atoms with van der Waals surface area (Å²) in [5.41, 5.74) is 2.13. The van der Waals surface area contributed by atoms with E-state index in [2.05, 4.69) is 10.4 Å². The molecule has 0 aliphatic heterocycles. The number of methoxy groups -OCH3 is 1. The highest BCUT2D eigenvalue weighted by atomic mass is 16.5. The topological polar surface area (TPSA) is 78.2 Å². The Hall–Kier alpha value is -3.61. The number of hydrogen-bond acceptors (Lipinski definition) is 4. The van der Waals surface area contributed by atoms with Gasteiger partial charge >= 0.3 is 0 Å². The standard InChI is InChI=1S/C23H24N4O3/c1-15(22(28)24-13-12-16-8-4-7-11-20(16)30-3)27-19-10-6-5-9-17(19)18-14-25-26(2)23(29)21(18)27/h4-11,14-15H,12-13H2,1-3H3,(H,24,28)/t15-/m1/s1. The van der Waals surface area contributed by atoms with Crippen LogP contribution in [0.3, 0.4) is 0 Å². The summed E-state index contributed by atoms with van der Waals surface area (Å²) in [5.74, 6) is 0.657. The number of aryl methyl sites for hydroxylation is 1. The number of nitrogens with zero attached hydrogens (tertiary/aromatic N) is 3. The molecular formula is C23H24N4O3. The summed E-state index contributed by atoms with van der Waals surface area (Å²) in [4.78, 5) is 25.8. The molecule has 0 saturated heterocycles. The van der Waals surface area contributed by atoms with Crippen molar-refractivity contribution in [3.8, 4) is 5.75 Å². The third-order valence-corrected chi connectivity index (χ3v) is 5.46. The fourth-order valence-electron chi connectivity index (χ4n) is 3.89. The van der Waals surface area contributed by atoms with Crippen molar-refractivity contribution in [1.82, 2.24) is 19.7 Å². The van der Waals surface area contributed by atoms with Crippen LogP contribution in [0.1, 0.15) is 18.5 Å². The molecule has 0 saturated carbocycles. The molecule has 30 heavy (non-hydrogen) atoms. The molecule has 4 rings (SSSR count). The average molecular weight is 404 g/mol. The minimum absolute atomic E-state index is 0.147. The molecule has 0 unspecified atom stereocenters. The molecule has 7 heteroatoms.